The van der Waals surface area contributed by atoms with Crippen molar-refractivity contribution in [2.75, 3.05) is 25.4 Å². The maximum atomic E-state index is 5.76. The van der Waals surface area contributed by atoms with Crippen molar-refractivity contribution in [3.63, 3.8) is 0 Å². The molecule has 1 aliphatic rings. The zero-order chi connectivity index (χ0) is 13.3. The second-order valence-corrected chi connectivity index (χ2v) is 6.65. The van der Waals surface area contributed by atoms with Crippen LogP contribution in [0.1, 0.15) is 33.3 Å². The number of hydrogen-bond donors (Lipinski definition) is 1. The number of hydrogen-bond acceptors (Lipinski definition) is 2. The predicted octanol–water partition coefficient (Wildman–Crippen LogP) is 3.13. The van der Waals surface area contributed by atoms with Crippen molar-refractivity contribution in [3.8, 4) is 0 Å². The molecule has 0 aromatic heterocycles. The Morgan fingerprint density at radius 1 is 1.11 bits per heavy atom. The van der Waals surface area contributed by atoms with E-state index in [0.29, 0.717) is 0 Å². The Hall–Kier alpha value is -1.02. The SMILES string of the molecule is CC1CN(CC(C)(C)c2ccc(N)cc2)CC1C. The highest BCUT2D eigenvalue weighted by Gasteiger charge is 2.31. The van der Waals surface area contributed by atoms with Crippen LogP contribution in [-0.4, -0.2) is 24.5 Å². The number of benzene rings is 1. The van der Waals surface area contributed by atoms with Gasteiger partial charge in [0.05, 0.1) is 0 Å². The zero-order valence-electron chi connectivity index (χ0n) is 12.1. The fourth-order valence-electron chi connectivity index (χ4n) is 2.96. The lowest BCUT2D eigenvalue weighted by Crippen LogP contribution is -2.35. The maximum Gasteiger partial charge on any atom is 0.0314 e. The van der Waals surface area contributed by atoms with Gasteiger partial charge >= 0.3 is 0 Å². The smallest absolute Gasteiger partial charge is 0.0314 e. The quantitative estimate of drug-likeness (QED) is 0.830. The first-order valence-electron chi connectivity index (χ1n) is 6.97. The van der Waals surface area contributed by atoms with E-state index in [1.165, 1.54) is 18.7 Å². The van der Waals surface area contributed by atoms with Gasteiger partial charge in [-0.3, -0.25) is 0 Å². The van der Waals surface area contributed by atoms with Crippen LogP contribution in [0.5, 0.6) is 0 Å². The molecule has 2 unspecified atom stereocenters. The van der Waals surface area contributed by atoms with Crippen molar-refractivity contribution in [3.05, 3.63) is 29.8 Å². The number of nitrogens with zero attached hydrogens (tertiary/aromatic N) is 1. The summed E-state index contributed by atoms with van der Waals surface area (Å²) in [5.41, 5.74) is 8.18. The molecule has 2 atom stereocenters. The molecule has 100 valence electrons. The van der Waals surface area contributed by atoms with Crippen LogP contribution < -0.4 is 5.73 Å². The Morgan fingerprint density at radius 2 is 1.61 bits per heavy atom. The van der Waals surface area contributed by atoms with Crippen LogP contribution in [-0.2, 0) is 5.41 Å². The molecule has 2 N–H and O–H groups in total. The van der Waals surface area contributed by atoms with Crippen LogP contribution in [0, 0.1) is 11.8 Å². The van der Waals surface area contributed by atoms with Crippen LogP contribution in [0.4, 0.5) is 5.69 Å². The van der Waals surface area contributed by atoms with Gasteiger partial charge in [0.25, 0.3) is 0 Å². The number of anilines is 1. The predicted molar refractivity (Wildman–Crippen MR) is 78.6 cm³/mol. The third kappa shape index (κ3) is 2.86. The summed E-state index contributed by atoms with van der Waals surface area (Å²) in [6.07, 6.45) is 0. The Bertz CT molecular complexity index is 384. The second-order valence-electron chi connectivity index (χ2n) is 6.65. The first-order valence-corrected chi connectivity index (χ1v) is 6.97. The largest absolute Gasteiger partial charge is 0.399 e. The minimum atomic E-state index is 0.192. The second kappa shape index (κ2) is 4.93. The van der Waals surface area contributed by atoms with Crippen LogP contribution in [0.25, 0.3) is 0 Å². The van der Waals surface area contributed by atoms with E-state index in [-0.39, 0.29) is 5.41 Å². The molecule has 0 amide bonds. The first kappa shape index (κ1) is 13.4. The molecular formula is C16H26N2. The van der Waals surface area contributed by atoms with Gasteiger partial charge in [0.1, 0.15) is 0 Å². The highest BCUT2D eigenvalue weighted by molar-refractivity contribution is 5.41. The fraction of sp³-hybridized carbons (Fsp3) is 0.625. The van der Waals surface area contributed by atoms with Gasteiger partial charge in [0.2, 0.25) is 0 Å². The van der Waals surface area contributed by atoms with E-state index in [4.69, 9.17) is 5.73 Å². The maximum absolute atomic E-state index is 5.76. The van der Waals surface area contributed by atoms with E-state index in [1.807, 2.05) is 12.1 Å². The summed E-state index contributed by atoms with van der Waals surface area (Å²) >= 11 is 0. The summed E-state index contributed by atoms with van der Waals surface area (Å²) < 4.78 is 0. The van der Waals surface area contributed by atoms with Gasteiger partial charge in [0, 0.05) is 30.7 Å². The molecule has 0 spiro atoms. The number of nitrogen functional groups attached to an aromatic ring is 1. The van der Waals surface area contributed by atoms with E-state index in [0.717, 1.165) is 24.1 Å². The lowest BCUT2D eigenvalue weighted by Gasteiger charge is -2.31. The van der Waals surface area contributed by atoms with Gasteiger partial charge in [-0.05, 0) is 29.5 Å². The summed E-state index contributed by atoms with van der Waals surface area (Å²) in [4.78, 5) is 2.60. The molecule has 2 rings (SSSR count). The topological polar surface area (TPSA) is 29.3 Å². The molecule has 1 aliphatic heterocycles. The molecule has 1 aromatic rings. The Balaban J connectivity index is 2.05. The lowest BCUT2D eigenvalue weighted by atomic mass is 9.84. The average molecular weight is 246 g/mol. The highest BCUT2D eigenvalue weighted by Crippen LogP contribution is 2.29. The van der Waals surface area contributed by atoms with Gasteiger partial charge in [-0.15, -0.1) is 0 Å². The Kier molecular flexibility index (Phi) is 3.67. The Labute approximate surface area is 111 Å². The fourth-order valence-corrected chi connectivity index (χ4v) is 2.96. The molecule has 2 heteroatoms. The molecule has 0 bridgehead atoms. The molecule has 1 saturated heterocycles. The third-order valence-corrected chi connectivity index (χ3v) is 4.37. The van der Waals surface area contributed by atoms with Crippen LogP contribution in [0.15, 0.2) is 24.3 Å². The van der Waals surface area contributed by atoms with E-state index in [1.54, 1.807) is 0 Å². The summed E-state index contributed by atoms with van der Waals surface area (Å²) in [6.45, 7) is 13.0. The molecule has 0 aliphatic carbocycles. The number of rotatable bonds is 3. The summed E-state index contributed by atoms with van der Waals surface area (Å²) in [5.74, 6) is 1.65. The molecule has 1 aromatic carbocycles. The van der Waals surface area contributed by atoms with Gasteiger partial charge < -0.3 is 10.6 Å². The van der Waals surface area contributed by atoms with E-state index in [2.05, 4.69) is 44.7 Å². The molecule has 0 saturated carbocycles. The zero-order valence-corrected chi connectivity index (χ0v) is 12.1. The normalized spacial score (nSPS) is 25.6. The minimum Gasteiger partial charge on any atom is -0.399 e. The molecule has 2 nitrogen and oxygen atoms in total. The number of nitrogens with two attached hydrogens (primary N) is 1. The van der Waals surface area contributed by atoms with Crippen molar-refractivity contribution >= 4 is 5.69 Å². The lowest BCUT2D eigenvalue weighted by molar-refractivity contribution is 0.259. The van der Waals surface area contributed by atoms with Crippen LogP contribution in [0.3, 0.4) is 0 Å². The van der Waals surface area contributed by atoms with E-state index >= 15 is 0 Å². The van der Waals surface area contributed by atoms with Gasteiger partial charge in [-0.2, -0.15) is 0 Å². The monoisotopic (exact) mass is 246 g/mol. The molecule has 1 heterocycles. The minimum absolute atomic E-state index is 0.192. The summed E-state index contributed by atoms with van der Waals surface area (Å²) in [7, 11) is 0. The van der Waals surface area contributed by atoms with Crippen molar-refractivity contribution in [1.82, 2.24) is 4.90 Å². The molecule has 1 fully saturated rings. The van der Waals surface area contributed by atoms with Crippen molar-refractivity contribution < 1.29 is 0 Å². The number of likely N-dealkylation sites (tertiary alicyclic amines) is 1. The summed E-state index contributed by atoms with van der Waals surface area (Å²) in [6, 6.07) is 8.34. The molecule has 0 radical (unpaired) electrons. The van der Waals surface area contributed by atoms with E-state index < -0.39 is 0 Å². The van der Waals surface area contributed by atoms with Crippen molar-refractivity contribution in [1.29, 1.82) is 0 Å². The van der Waals surface area contributed by atoms with Gasteiger partial charge in [0.15, 0.2) is 0 Å². The van der Waals surface area contributed by atoms with E-state index in [9.17, 15) is 0 Å². The standard InChI is InChI=1S/C16H26N2/c1-12-9-18(10-13(12)2)11-16(3,4)14-5-7-15(17)8-6-14/h5-8,12-13H,9-11,17H2,1-4H3. The van der Waals surface area contributed by atoms with Gasteiger partial charge in [-0.1, -0.05) is 39.8 Å². The Morgan fingerprint density at radius 3 is 2.11 bits per heavy atom. The van der Waals surface area contributed by atoms with Crippen molar-refractivity contribution in [2.45, 2.75) is 33.1 Å². The first-order chi connectivity index (χ1) is 8.38. The molecule has 18 heavy (non-hydrogen) atoms. The van der Waals surface area contributed by atoms with Crippen LogP contribution in [0.2, 0.25) is 0 Å². The van der Waals surface area contributed by atoms with Gasteiger partial charge in [-0.25, -0.2) is 0 Å². The average Bonchev–Trinajstić information content (AvgIpc) is 2.57. The highest BCUT2D eigenvalue weighted by atomic mass is 15.2. The van der Waals surface area contributed by atoms with Crippen LogP contribution >= 0.6 is 0 Å². The third-order valence-electron chi connectivity index (χ3n) is 4.37. The molecular weight excluding hydrogens is 220 g/mol. The summed E-state index contributed by atoms with van der Waals surface area (Å²) in [5, 5.41) is 0. The van der Waals surface area contributed by atoms with Crippen molar-refractivity contribution in [2.24, 2.45) is 11.8 Å².